The van der Waals surface area contributed by atoms with Crippen molar-refractivity contribution in [2.45, 2.75) is 24.4 Å². The van der Waals surface area contributed by atoms with Gasteiger partial charge in [0.1, 0.15) is 0 Å². The number of rotatable bonds is 6. The number of amides is 2. The quantitative estimate of drug-likeness (QED) is 0.737. The molecule has 0 saturated carbocycles. The van der Waals surface area contributed by atoms with Crippen LogP contribution in [0.5, 0.6) is 0 Å². The Balaban J connectivity index is 1.94. The number of nitrogens with one attached hydrogen (secondary N) is 3. The van der Waals surface area contributed by atoms with E-state index in [0.29, 0.717) is 5.56 Å². The summed E-state index contributed by atoms with van der Waals surface area (Å²) in [7, 11) is -2.14. The molecule has 3 N–H and O–H groups in total. The van der Waals surface area contributed by atoms with E-state index in [4.69, 9.17) is 0 Å². The van der Waals surface area contributed by atoms with Crippen molar-refractivity contribution in [2.24, 2.45) is 0 Å². The molecule has 0 aliphatic carbocycles. The lowest BCUT2D eigenvalue weighted by Gasteiger charge is -2.15. The van der Waals surface area contributed by atoms with Crippen LogP contribution in [0.15, 0.2) is 53.7 Å². The number of nitrogens with zero attached hydrogens (tertiary/aromatic N) is 1. The molecule has 1 aromatic carbocycles. The molecule has 0 fully saturated rings. The fourth-order valence-electron chi connectivity index (χ4n) is 2.11. The smallest absolute Gasteiger partial charge is 0.315 e. The lowest BCUT2D eigenvalue weighted by Crippen LogP contribution is -2.36. The van der Waals surface area contributed by atoms with Gasteiger partial charge >= 0.3 is 6.03 Å². The maximum Gasteiger partial charge on any atom is 0.315 e. The third-order valence-corrected chi connectivity index (χ3v) is 4.90. The Kier molecular flexibility index (Phi) is 5.88. The summed E-state index contributed by atoms with van der Waals surface area (Å²) >= 11 is 0. The van der Waals surface area contributed by atoms with Crippen LogP contribution in [0.4, 0.5) is 4.79 Å². The molecule has 2 amide bonds. The van der Waals surface area contributed by atoms with Gasteiger partial charge in [0.05, 0.1) is 10.9 Å². The minimum atomic E-state index is -3.50. The Morgan fingerprint density at radius 2 is 1.92 bits per heavy atom. The fraction of sp³-hybridized carbons (Fsp3) is 0.250. The van der Waals surface area contributed by atoms with E-state index in [1.54, 1.807) is 24.5 Å². The SMILES string of the molecule is CNS(=O)(=O)c1cccc(CNC(=O)N[C@@H](C)c2ccncc2)c1. The normalized spacial score (nSPS) is 12.4. The topological polar surface area (TPSA) is 100 Å². The first-order valence-electron chi connectivity index (χ1n) is 7.39. The van der Waals surface area contributed by atoms with Crippen LogP contribution in [-0.2, 0) is 16.6 Å². The van der Waals surface area contributed by atoms with Crippen LogP contribution in [0.1, 0.15) is 24.1 Å². The third kappa shape index (κ3) is 4.77. The molecule has 0 bridgehead atoms. The van der Waals surface area contributed by atoms with Gasteiger partial charge in [-0.15, -0.1) is 0 Å². The zero-order valence-electron chi connectivity index (χ0n) is 13.5. The molecule has 24 heavy (non-hydrogen) atoms. The lowest BCUT2D eigenvalue weighted by atomic mass is 10.1. The van der Waals surface area contributed by atoms with Crippen LogP contribution in [0.2, 0.25) is 0 Å². The maximum atomic E-state index is 12.0. The average molecular weight is 348 g/mol. The Morgan fingerprint density at radius 3 is 2.58 bits per heavy atom. The number of urea groups is 1. The zero-order chi connectivity index (χ0) is 17.6. The number of carbonyl (C=O) groups is 1. The summed E-state index contributed by atoms with van der Waals surface area (Å²) in [6.45, 7) is 2.09. The molecule has 1 atom stereocenters. The van der Waals surface area contributed by atoms with Gasteiger partial charge in [-0.25, -0.2) is 17.9 Å². The highest BCUT2D eigenvalue weighted by Gasteiger charge is 2.12. The predicted molar refractivity (Wildman–Crippen MR) is 90.7 cm³/mol. The van der Waals surface area contributed by atoms with Crippen molar-refractivity contribution in [1.82, 2.24) is 20.3 Å². The molecule has 2 aromatic rings. The van der Waals surface area contributed by atoms with Crippen LogP contribution in [0.25, 0.3) is 0 Å². The summed E-state index contributed by atoms with van der Waals surface area (Å²) in [5, 5.41) is 5.53. The van der Waals surface area contributed by atoms with E-state index in [0.717, 1.165) is 5.56 Å². The number of carbonyl (C=O) groups excluding carboxylic acids is 1. The van der Waals surface area contributed by atoms with E-state index in [1.165, 1.54) is 19.2 Å². The molecule has 0 aliphatic rings. The summed E-state index contributed by atoms with van der Waals surface area (Å²) < 4.78 is 25.8. The summed E-state index contributed by atoms with van der Waals surface area (Å²) in [4.78, 5) is 16.1. The van der Waals surface area contributed by atoms with Crippen molar-refractivity contribution in [3.8, 4) is 0 Å². The van der Waals surface area contributed by atoms with Crippen LogP contribution >= 0.6 is 0 Å². The predicted octanol–water partition coefficient (Wildman–Crippen LogP) is 1.55. The van der Waals surface area contributed by atoms with Gasteiger partial charge in [-0.3, -0.25) is 4.98 Å². The zero-order valence-corrected chi connectivity index (χ0v) is 14.3. The minimum absolute atomic E-state index is 0.162. The number of benzene rings is 1. The highest BCUT2D eigenvalue weighted by atomic mass is 32.2. The van der Waals surface area contributed by atoms with Crippen molar-refractivity contribution in [3.05, 3.63) is 59.9 Å². The molecular weight excluding hydrogens is 328 g/mol. The van der Waals surface area contributed by atoms with E-state index in [1.807, 2.05) is 19.1 Å². The monoisotopic (exact) mass is 348 g/mol. The molecule has 7 nitrogen and oxygen atoms in total. The Hall–Kier alpha value is -2.45. The Morgan fingerprint density at radius 1 is 1.21 bits per heavy atom. The molecule has 128 valence electrons. The second kappa shape index (κ2) is 7.89. The molecular formula is C16H20N4O3S. The van der Waals surface area contributed by atoms with Crippen molar-refractivity contribution < 1.29 is 13.2 Å². The van der Waals surface area contributed by atoms with Gasteiger partial charge in [-0.2, -0.15) is 0 Å². The molecule has 0 saturated heterocycles. The van der Waals surface area contributed by atoms with Crippen LogP contribution in [0, 0.1) is 0 Å². The van der Waals surface area contributed by atoms with E-state index in [2.05, 4.69) is 20.3 Å². The highest BCUT2D eigenvalue weighted by Crippen LogP contribution is 2.12. The summed E-state index contributed by atoms with van der Waals surface area (Å²) in [6.07, 6.45) is 3.33. The minimum Gasteiger partial charge on any atom is -0.334 e. The molecule has 0 aliphatic heterocycles. The van der Waals surface area contributed by atoms with Gasteiger partial charge in [0.25, 0.3) is 0 Å². The molecule has 0 spiro atoms. The van der Waals surface area contributed by atoms with Gasteiger partial charge in [-0.1, -0.05) is 12.1 Å². The summed E-state index contributed by atoms with van der Waals surface area (Å²) in [5.41, 5.74) is 1.64. The number of hydrogen-bond donors (Lipinski definition) is 3. The van der Waals surface area contributed by atoms with Gasteiger partial charge in [0.2, 0.25) is 10.0 Å². The lowest BCUT2D eigenvalue weighted by molar-refractivity contribution is 0.237. The van der Waals surface area contributed by atoms with E-state index < -0.39 is 10.0 Å². The van der Waals surface area contributed by atoms with Gasteiger partial charge in [0, 0.05) is 18.9 Å². The second-order valence-electron chi connectivity index (χ2n) is 5.18. The molecule has 8 heteroatoms. The average Bonchev–Trinajstić information content (AvgIpc) is 2.61. The maximum absolute atomic E-state index is 12.0. The first kappa shape index (κ1) is 17.9. The standard InChI is InChI=1S/C16H20N4O3S/c1-12(14-6-8-18-9-7-14)20-16(21)19-11-13-4-3-5-15(10-13)24(22,23)17-2/h3-10,12,17H,11H2,1-2H3,(H2,19,20,21)/t12-/m0/s1. The number of hydrogen-bond acceptors (Lipinski definition) is 4. The molecule has 1 heterocycles. The molecule has 2 rings (SSSR count). The first-order chi connectivity index (χ1) is 11.4. The van der Waals surface area contributed by atoms with Crippen molar-refractivity contribution in [2.75, 3.05) is 7.05 Å². The van der Waals surface area contributed by atoms with Crippen LogP contribution < -0.4 is 15.4 Å². The van der Waals surface area contributed by atoms with Crippen molar-refractivity contribution >= 4 is 16.1 Å². The third-order valence-electron chi connectivity index (χ3n) is 3.48. The largest absolute Gasteiger partial charge is 0.334 e. The Bertz CT molecular complexity index is 794. The van der Waals surface area contributed by atoms with Crippen LogP contribution in [0.3, 0.4) is 0 Å². The number of sulfonamides is 1. The molecule has 0 radical (unpaired) electrons. The van der Waals surface area contributed by atoms with E-state index >= 15 is 0 Å². The van der Waals surface area contributed by atoms with E-state index in [-0.39, 0.29) is 23.5 Å². The van der Waals surface area contributed by atoms with Gasteiger partial charge in [0.15, 0.2) is 0 Å². The summed E-state index contributed by atoms with van der Waals surface area (Å²) in [6, 6.07) is 9.58. The molecule has 0 unspecified atom stereocenters. The summed E-state index contributed by atoms with van der Waals surface area (Å²) in [5.74, 6) is 0. The Labute approximate surface area is 141 Å². The van der Waals surface area contributed by atoms with Gasteiger partial charge < -0.3 is 10.6 Å². The highest BCUT2D eigenvalue weighted by molar-refractivity contribution is 7.89. The fourth-order valence-corrected chi connectivity index (χ4v) is 2.91. The van der Waals surface area contributed by atoms with Crippen molar-refractivity contribution in [1.29, 1.82) is 0 Å². The molecule has 1 aromatic heterocycles. The number of pyridine rings is 1. The first-order valence-corrected chi connectivity index (χ1v) is 8.87. The second-order valence-corrected chi connectivity index (χ2v) is 7.07. The number of aromatic nitrogens is 1. The van der Waals surface area contributed by atoms with Crippen molar-refractivity contribution in [3.63, 3.8) is 0 Å². The van der Waals surface area contributed by atoms with E-state index in [9.17, 15) is 13.2 Å². The van der Waals surface area contributed by atoms with Crippen LogP contribution in [-0.4, -0.2) is 26.5 Å². The van der Waals surface area contributed by atoms with Gasteiger partial charge in [-0.05, 0) is 49.4 Å².